The van der Waals surface area contributed by atoms with Gasteiger partial charge in [-0.2, -0.15) is 0 Å². The minimum absolute atomic E-state index is 0.103. The van der Waals surface area contributed by atoms with Crippen molar-refractivity contribution in [2.24, 2.45) is 0 Å². The SMILES string of the molecule is COC(=O)C(C)NC(=O)NC(=O)C(C)=C(C)C(=O)O. The lowest BCUT2D eigenvalue weighted by Crippen LogP contribution is -2.47. The molecule has 106 valence electrons. The average molecular weight is 272 g/mol. The Kier molecular flexibility index (Phi) is 6.25. The Labute approximate surface area is 109 Å². The Morgan fingerprint density at radius 2 is 1.63 bits per heavy atom. The summed E-state index contributed by atoms with van der Waals surface area (Å²) in [6.45, 7) is 3.89. The molecule has 0 aromatic rings. The first kappa shape index (κ1) is 16.6. The zero-order valence-electron chi connectivity index (χ0n) is 11.1. The van der Waals surface area contributed by atoms with E-state index in [2.05, 4.69) is 10.1 Å². The van der Waals surface area contributed by atoms with Crippen LogP contribution in [0.4, 0.5) is 4.79 Å². The Morgan fingerprint density at radius 3 is 2.05 bits per heavy atom. The van der Waals surface area contributed by atoms with E-state index in [1.165, 1.54) is 20.8 Å². The lowest BCUT2D eigenvalue weighted by Gasteiger charge is -2.12. The number of amides is 3. The number of esters is 1. The molecule has 8 nitrogen and oxygen atoms in total. The van der Waals surface area contributed by atoms with Crippen molar-refractivity contribution in [1.82, 2.24) is 10.6 Å². The highest BCUT2D eigenvalue weighted by Gasteiger charge is 2.19. The Hall–Kier alpha value is -2.38. The van der Waals surface area contributed by atoms with Gasteiger partial charge in [0.2, 0.25) is 0 Å². The van der Waals surface area contributed by atoms with Gasteiger partial charge in [-0.1, -0.05) is 0 Å². The first-order valence-corrected chi connectivity index (χ1v) is 5.31. The van der Waals surface area contributed by atoms with Crippen LogP contribution in [0.1, 0.15) is 20.8 Å². The van der Waals surface area contributed by atoms with E-state index in [4.69, 9.17) is 5.11 Å². The van der Waals surface area contributed by atoms with E-state index >= 15 is 0 Å². The van der Waals surface area contributed by atoms with Crippen LogP contribution < -0.4 is 10.6 Å². The van der Waals surface area contributed by atoms with Gasteiger partial charge in [-0.05, 0) is 20.8 Å². The summed E-state index contributed by atoms with van der Waals surface area (Å²) in [5.41, 5.74) is -0.278. The van der Waals surface area contributed by atoms with Crippen LogP contribution in [0.25, 0.3) is 0 Å². The predicted molar refractivity (Wildman–Crippen MR) is 64.2 cm³/mol. The van der Waals surface area contributed by atoms with Crippen molar-refractivity contribution in [2.45, 2.75) is 26.8 Å². The zero-order valence-corrected chi connectivity index (χ0v) is 11.1. The fourth-order valence-corrected chi connectivity index (χ4v) is 0.996. The Balaban J connectivity index is 4.59. The van der Waals surface area contributed by atoms with E-state index in [1.807, 2.05) is 5.32 Å². The third-order valence-corrected chi connectivity index (χ3v) is 2.35. The van der Waals surface area contributed by atoms with Crippen molar-refractivity contribution in [3.8, 4) is 0 Å². The van der Waals surface area contributed by atoms with Crippen LogP contribution in [-0.4, -0.2) is 42.1 Å². The van der Waals surface area contributed by atoms with Crippen LogP contribution in [0.5, 0.6) is 0 Å². The molecule has 0 aromatic heterocycles. The van der Waals surface area contributed by atoms with Crippen LogP contribution in [-0.2, 0) is 19.1 Å². The number of rotatable bonds is 4. The maximum absolute atomic E-state index is 11.5. The summed E-state index contributed by atoms with van der Waals surface area (Å²) in [5.74, 6) is -2.78. The van der Waals surface area contributed by atoms with E-state index in [0.717, 1.165) is 7.11 Å². The highest BCUT2D eigenvalue weighted by atomic mass is 16.5. The minimum atomic E-state index is -1.25. The van der Waals surface area contributed by atoms with Crippen LogP contribution in [0.2, 0.25) is 0 Å². The average Bonchev–Trinajstić information content (AvgIpc) is 2.35. The third-order valence-electron chi connectivity index (χ3n) is 2.35. The highest BCUT2D eigenvalue weighted by molar-refractivity contribution is 6.07. The van der Waals surface area contributed by atoms with E-state index in [9.17, 15) is 19.2 Å². The van der Waals surface area contributed by atoms with E-state index in [0.29, 0.717) is 0 Å². The number of carbonyl (C=O) groups is 4. The number of ether oxygens (including phenoxy) is 1. The van der Waals surface area contributed by atoms with Gasteiger partial charge in [0.1, 0.15) is 6.04 Å². The van der Waals surface area contributed by atoms with Crippen molar-refractivity contribution >= 4 is 23.9 Å². The number of methoxy groups -OCH3 is 1. The molecule has 0 fully saturated rings. The van der Waals surface area contributed by atoms with Crippen molar-refractivity contribution in [3.05, 3.63) is 11.1 Å². The van der Waals surface area contributed by atoms with Crippen LogP contribution in [0.3, 0.4) is 0 Å². The maximum atomic E-state index is 11.5. The summed E-state index contributed by atoms with van der Waals surface area (Å²) >= 11 is 0. The normalized spacial score (nSPS) is 12.8. The molecule has 0 bridgehead atoms. The van der Waals surface area contributed by atoms with Gasteiger partial charge in [-0.3, -0.25) is 10.1 Å². The van der Waals surface area contributed by atoms with Gasteiger partial charge in [-0.25, -0.2) is 14.4 Å². The van der Waals surface area contributed by atoms with Gasteiger partial charge < -0.3 is 15.2 Å². The van der Waals surface area contributed by atoms with Crippen LogP contribution in [0, 0.1) is 0 Å². The van der Waals surface area contributed by atoms with Crippen LogP contribution in [0.15, 0.2) is 11.1 Å². The Bertz CT molecular complexity index is 440. The third kappa shape index (κ3) is 5.19. The lowest BCUT2D eigenvalue weighted by atomic mass is 10.1. The van der Waals surface area contributed by atoms with Crippen LogP contribution >= 0.6 is 0 Å². The van der Waals surface area contributed by atoms with Crippen molar-refractivity contribution in [3.63, 3.8) is 0 Å². The molecule has 3 amide bonds. The van der Waals surface area contributed by atoms with Gasteiger partial charge >= 0.3 is 18.0 Å². The molecule has 0 saturated heterocycles. The van der Waals surface area contributed by atoms with Gasteiger partial charge in [0.25, 0.3) is 5.91 Å². The molecule has 0 rings (SSSR count). The molecule has 0 aromatic carbocycles. The molecule has 0 aliphatic heterocycles. The number of hydrogen-bond acceptors (Lipinski definition) is 5. The molecule has 3 N–H and O–H groups in total. The van der Waals surface area contributed by atoms with E-state index < -0.39 is 29.9 Å². The summed E-state index contributed by atoms with van der Waals surface area (Å²) in [5, 5.41) is 12.8. The molecule has 0 aliphatic rings. The molecule has 0 aliphatic carbocycles. The molecule has 0 saturated carbocycles. The highest BCUT2D eigenvalue weighted by Crippen LogP contribution is 2.03. The van der Waals surface area contributed by atoms with Gasteiger partial charge in [0.15, 0.2) is 0 Å². The summed E-state index contributed by atoms with van der Waals surface area (Å²) in [4.78, 5) is 44.5. The quantitative estimate of drug-likeness (QED) is 0.481. The summed E-state index contributed by atoms with van der Waals surface area (Å²) in [6, 6.07) is -1.84. The topological polar surface area (TPSA) is 122 Å². The van der Waals surface area contributed by atoms with E-state index in [-0.39, 0.29) is 11.1 Å². The summed E-state index contributed by atoms with van der Waals surface area (Å²) in [7, 11) is 1.16. The largest absolute Gasteiger partial charge is 0.478 e. The minimum Gasteiger partial charge on any atom is -0.478 e. The number of imide groups is 1. The predicted octanol–water partition coefficient (Wildman–Crippen LogP) is -0.205. The first-order chi connectivity index (χ1) is 8.70. The maximum Gasteiger partial charge on any atom is 0.331 e. The molecule has 0 spiro atoms. The molecule has 0 heterocycles. The monoisotopic (exact) mass is 272 g/mol. The zero-order chi connectivity index (χ0) is 15.2. The van der Waals surface area contributed by atoms with Gasteiger partial charge in [0, 0.05) is 11.1 Å². The number of carboxylic acids is 1. The number of hydrogen-bond donors (Lipinski definition) is 3. The molecular weight excluding hydrogens is 256 g/mol. The van der Waals surface area contributed by atoms with Crippen molar-refractivity contribution in [1.29, 1.82) is 0 Å². The molecule has 19 heavy (non-hydrogen) atoms. The number of carboxylic acid groups (broad SMARTS) is 1. The molecule has 1 unspecified atom stereocenters. The molecule has 8 heteroatoms. The second kappa shape index (κ2) is 7.14. The molecule has 1 atom stereocenters. The Morgan fingerprint density at radius 1 is 1.11 bits per heavy atom. The standard InChI is InChI=1S/C11H16N2O6/c1-5(6(2)9(15)16)8(14)13-11(18)12-7(3)10(17)19-4/h7H,1-4H3,(H,15,16)(H2,12,13,14,18). The molecular formula is C11H16N2O6. The summed E-state index contributed by atoms with van der Waals surface area (Å²) in [6.07, 6.45) is 0. The smallest absolute Gasteiger partial charge is 0.331 e. The number of nitrogens with one attached hydrogen (secondary N) is 2. The second-order valence-electron chi connectivity index (χ2n) is 3.73. The molecule has 0 radical (unpaired) electrons. The number of urea groups is 1. The fourth-order valence-electron chi connectivity index (χ4n) is 0.996. The van der Waals surface area contributed by atoms with Gasteiger partial charge in [-0.15, -0.1) is 0 Å². The van der Waals surface area contributed by atoms with Gasteiger partial charge in [0.05, 0.1) is 7.11 Å². The number of aliphatic carboxylic acids is 1. The first-order valence-electron chi connectivity index (χ1n) is 5.31. The number of carbonyl (C=O) groups excluding carboxylic acids is 3. The lowest BCUT2D eigenvalue weighted by molar-refractivity contribution is -0.142. The van der Waals surface area contributed by atoms with E-state index in [1.54, 1.807) is 0 Å². The van der Waals surface area contributed by atoms with Crippen molar-refractivity contribution in [2.75, 3.05) is 7.11 Å². The van der Waals surface area contributed by atoms with Crippen molar-refractivity contribution < 1.29 is 29.0 Å². The second-order valence-corrected chi connectivity index (χ2v) is 3.73. The fraction of sp³-hybridized carbons (Fsp3) is 0.455. The summed E-state index contributed by atoms with van der Waals surface area (Å²) < 4.78 is 4.38.